The number of benzene rings is 1. The highest BCUT2D eigenvalue weighted by Gasteiger charge is 2.38. The van der Waals surface area contributed by atoms with Crippen LogP contribution in [0.2, 0.25) is 5.02 Å². The van der Waals surface area contributed by atoms with E-state index in [0.29, 0.717) is 30.6 Å². The molecule has 4 rings (SSSR count). The van der Waals surface area contributed by atoms with E-state index >= 15 is 0 Å². The number of likely N-dealkylation sites (tertiary alicyclic amines) is 1. The largest absolute Gasteiger partial charge is 0.337 e. The zero-order valence-electron chi connectivity index (χ0n) is 15.7. The standard InChI is InChI=1S/C21H24ClN3O2/c1-23(2)13-20(27)24-10-14-9-16(12-24)21-18(7-8-19(26)25(21)11-14)15-3-5-17(22)6-4-15/h3-8,14,16H,9-13H2,1-2H3/p+1/t14-,16+/m0/s1. The van der Waals surface area contributed by atoms with Crippen LogP contribution in [0.3, 0.4) is 0 Å². The second-order valence-corrected chi connectivity index (χ2v) is 8.51. The molecule has 2 bridgehead atoms. The summed E-state index contributed by atoms with van der Waals surface area (Å²) in [5, 5.41) is 0.696. The number of carbonyl (C=O) groups is 1. The second kappa shape index (κ2) is 7.13. The summed E-state index contributed by atoms with van der Waals surface area (Å²) >= 11 is 6.05. The van der Waals surface area contributed by atoms with Crippen molar-refractivity contribution in [2.75, 3.05) is 33.7 Å². The molecule has 1 N–H and O–H groups in total. The van der Waals surface area contributed by atoms with E-state index in [9.17, 15) is 9.59 Å². The number of amides is 1. The first-order valence-electron chi connectivity index (χ1n) is 9.49. The predicted molar refractivity (Wildman–Crippen MR) is 106 cm³/mol. The summed E-state index contributed by atoms with van der Waals surface area (Å²) in [5.74, 6) is 0.734. The van der Waals surface area contributed by atoms with Crippen LogP contribution in [0.5, 0.6) is 0 Å². The van der Waals surface area contributed by atoms with Gasteiger partial charge in [-0.05, 0) is 36.1 Å². The zero-order chi connectivity index (χ0) is 19.1. The summed E-state index contributed by atoms with van der Waals surface area (Å²) in [5.41, 5.74) is 3.25. The van der Waals surface area contributed by atoms with Gasteiger partial charge >= 0.3 is 0 Å². The molecule has 3 heterocycles. The fraction of sp³-hybridized carbons (Fsp3) is 0.429. The normalized spacial score (nSPS) is 21.3. The number of hydrogen-bond acceptors (Lipinski definition) is 2. The number of nitrogens with one attached hydrogen (secondary N) is 1. The molecule has 2 aliphatic rings. The molecule has 1 fully saturated rings. The predicted octanol–water partition coefficient (Wildman–Crippen LogP) is 1.26. The maximum absolute atomic E-state index is 12.6. The number of halogens is 1. The van der Waals surface area contributed by atoms with Gasteiger partial charge in [-0.1, -0.05) is 23.7 Å². The van der Waals surface area contributed by atoms with Gasteiger partial charge in [0, 0.05) is 47.9 Å². The summed E-state index contributed by atoms with van der Waals surface area (Å²) < 4.78 is 1.93. The second-order valence-electron chi connectivity index (χ2n) is 8.07. The molecule has 0 radical (unpaired) electrons. The molecule has 1 saturated heterocycles. The van der Waals surface area contributed by atoms with Gasteiger partial charge in [-0.3, -0.25) is 9.59 Å². The van der Waals surface area contributed by atoms with E-state index in [1.165, 1.54) is 0 Å². The number of hydrogen-bond donors (Lipinski definition) is 1. The van der Waals surface area contributed by atoms with Crippen LogP contribution >= 0.6 is 11.6 Å². The number of rotatable bonds is 3. The Morgan fingerprint density at radius 3 is 2.56 bits per heavy atom. The molecule has 5 nitrogen and oxygen atoms in total. The van der Waals surface area contributed by atoms with Gasteiger partial charge in [0.2, 0.25) is 0 Å². The van der Waals surface area contributed by atoms with E-state index in [4.69, 9.17) is 11.6 Å². The van der Waals surface area contributed by atoms with Crippen LogP contribution in [-0.2, 0) is 11.3 Å². The molecular weight excluding hydrogens is 362 g/mol. The molecule has 2 atom stereocenters. The van der Waals surface area contributed by atoms with Crippen LogP contribution < -0.4 is 10.5 Å². The minimum Gasteiger partial charge on any atom is -0.337 e. The third-order valence-electron chi connectivity index (χ3n) is 5.60. The van der Waals surface area contributed by atoms with Gasteiger partial charge < -0.3 is 14.4 Å². The molecule has 2 aromatic rings. The monoisotopic (exact) mass is 386 g/mol. The van der Waals surface area contributed by atoms with E-state index in [2.05, 4.69) is 0 Å². The van der Waals surface area contributed by atoms with Crippen molar-refractivity contribution in [3.63, 3.8) is 0 Å². The van der Waals surface area contributed by atoms with E-state index in [0.717, 1.165) is 34.7 Å². The van der Waals surface area contributed by atoms with Crippen LogP contribution in [0.25, 0.3) is 11.1 Å². The third-order valence-corrected chi connectivity index (χ3v) is 5.85. The molecule has 1 amide bonds. The quantitative estimate of drug-likeness (QED) is 0.863. The average Bonchev–Trinajstić information content (AvgIpc) is 2.63. The molecule has 0 aliphatic carbocycles. The Morgan fingerprint density at radius 2 is 1.85 bits per heavy atom. The van der Waals surface area contributed by atoms with E-state index in [-0.39, 0.29) is 17.4 Å². The van der Waals surface area contributed by atoms with Crippen molar-refractivity contribution >= 4 is 17.5 Å². The van der Waals surface area contributed by atoms with Gasteiger partial charge in [0.15, 0.2) is 6.54 Å². The van der Waals surface area contributed by atoms with E-state index < -0.39 is 0 Å². The van der Waals surface area contributed by atoms with Gasteiger partial charge in [-0.25, -0.2) is 0 Å². The van der Waals surface area contributed by atoms with Crippen LogP contribution in [0.1, 0.15) is 18.0 Å². The number of quaternary nitrogens is 1. The number of fused-ring (bicyclic) bond motifs is 4. The molecule has 6 heteroatoms. The Balaban J connectivity index is 1.73. The highest BCUT2D eigenvalue weighted by molar-refractivity contribution is 6.30. The van der Waals surface area contributed by atoms with Gasteiger partial charge in [-0.15, -0.1) is 0 Å². The molecular formula is C21H25ClN3O2+. The SMILES string of the molecule is C[NH+](C)CC(=O)N1C[C@@H]2C[C@H](C1)c1c(-c3ccc(Cl)cc3)ccc(=O)n1C2. The number of likely N-dealkylation sites (N-methyl/N-ethyl adjacent to an activating group) is 1. The average molecular weight is 387 g/mol. The Morgan fingerprint density at radius 1 is 1.11 bits per heavy atom. The Bertz CT molecular complexity index is 920. The first-order valence-corrected chi connectivity index (χ1v) is 9.86. The Hall–Kier alpha value is -2.11. The summed E-state index contributed by atoms with van der Waals surface area (Å²) in [4.78, 5) is 28.3. The molecule has 2 aliphatic heterocycles. The van der Waals surface area contributed by atoms with Crippen molar-refractivity contribution in [1.29, 1.82) is 0 Å². The summed E-state index contributed by atoms with van der Waals surface area (Å²) in [6.45, 7) is 2.63. The molecule has 27 heavy (non-hydrogen) atoms. The molecule has 1 aromatic carbocycles. The number of pyridine rings is 1. The van der Waals surface area contributed by atoms with Crippen LogP contribution in [0.15, 0.2) is 41.2 Å². The van der Waals surface area contributed by atoms with Crippen molar-refractivity contribution in [3.8, 4) is 11.1 Å². The van der Waals surface area contributed by atoms with E-state index in [1.54, 1.807) is 6.07 Å². The van der Waals surface area contributed by atoms with Crippen molar-refractivity contribution < 1.29 is 9.69 Å². The topological polar surface area (TPSA) is 46.8 Å². The first-order chi connectivity index (χ1) is 12.9. The number of carbonyl (C=O) groups excluding carboxylic acids is 1. The minimum absolute atomic E-state index is 0.0509. The van der Waals surface area contributed by atoms with Gasteiger partial charge in [0.05, 0.1) is 14.1 Å². The number of piperidine rings is 1. The number of aromatic nitrogens is 1. The van der Waals surface area contributed by atoms with Crippen molar-refractivity contribution in [3.05, 3.63) is 57.5 Å². The lowest BCUT2D eigenvalue weighted by Crippen LogP contribution is -3.07. The summed E-state index contributed by atoms with van der Waals surface area (Å²) in [6, 6.07) is 11.3. The fourth-order valence-electron chi connectivity index (χ4n) is 4.51. The minimum atomic E-state index is 0.0509. The van der Waals surface area contributed by atoms with Gasteiger partial charge in [0.25, 0.3) is 11.5 Å². The lowest BCUT2D eigenvalue weighted by molar-refractivity contribution is -0.849. The van der Waals surface area contributed by atoms with E-state index in [1.807, 2.05) is 53.9 Å². The smallest absolute Gasteiger partial charge is 0.277 e. The highest BCUT2D eigenvalue weighted by atomic mass is 35.5. The van der Waals surface area contributed by atoms with Crippen molar-refractivity contribution in [2.45, 2.75) is 18.9 Å². The molecule has 0 unspecified atom stereocenters. The van der Waals surface area contributed by atoms with Crippen LogP contribution in [-0.4, -0.2) is 49.1 Å². The summed E-state index contributed by atoms with van der Waals surface area (Å²) in [7, 11) is 3.99. The molecule has 0 saturated carbocycles. The maximum Gasteiger partial charge on any atom is 0.277 e. The zero-order valence-corrected chi connectivity index (χ0v) is 16.5. The van der Waals surface area contributed by atoms with Crippen LogP contribution in [0.4, 0.5) is 0 Å². The lowest BCUT2D eigenvalue weighted by atomic mass is 9.80. The molecule has 0 spiro atoms. The van der Waals surface area contributed by atoms with Gasteiger partial charge in [0.1, 0.15) is 0 Å². The lowest BCUT2D eigenvalue weighted by Gasteiger charge is -2.43. The van der Waals surface area contributed by atoms with Crippen LogP contribution in [0, 0.1) is 5.92 Å². The molecule has 142 valence electrons. The summed E-state index contributed by atoms with van der Waals surface area (Å²) in [6.07, 6.45) is 1.03. The highest BCUT2D eigenvalue weighted by Crippen LogP contribution is 2.39. The fourth-order valence-corrected chi connectivity index (χ4v) is 4.63. The van der Waals surface area contributed by atoms with Gasteiger partial charge in [-0.2, -0.15) is 0 Å². The van der Waals surface area contributed by atoms with Crippen molar-refractivity contribution in [1.82, 2.24) is 9.47 Å². The first kappa shape index (κ1) is 18.3. The third kappa shape index (κ3) is 3.54. The molecule has 1 aromatic heterocycles. The maximum atomic E-state index is 12.6. The Labute approximate surface area is 164 Å². The Kier molecular flexibility index (Phi) is 4.82. The number of nitrogens with zero attached hydrogens (tertiary/aromatic N) is 2. The van der Waals surface area contributed by atoms with Crippen molar-refractivity contribution in [2.24, 2.45) is 5.92 Å².